The summed E-state index contributed by atoms with van der Waals surface area (Å²) >= 11 is 0. The predicted molar refractivity (Wildman–Crippen MR) is 80.0 cm³/mol. The highest BCUT2D eigenvalue weighted by molar-refractivity contribution is 7.89. The number of hydrogen-bond acceptors (Lipinski definition) is 4. The van der Waals surface area contributed by atoms with Crippen LogP contribution in [-0.4, -0.2) is 22.6 Å². The van der Waals surface area contributed by atoms with Crippen molar-refractivity contribution < 1.29 is 22.3 Å². The fourth-order valence-corrected chi connectivity index (χ4v) is 2.90. The van der Waals surface area contributed by atoms with Gasteiger partial charge < -0.3 is 9.47 Å². The summed E-state index contributed by atoms with van der Waals surface area (Å²) in [6.07, 6.45) is 0. The van der Waals surface area contributed by atoms with Gasteiger partial charge in [0, 0.05) is 12.1 Å². The molecule has 0 spiro atoms. The van der Waals surface area contributed by atoms with Crippen LogP contribution in [0.15, 0.2) is 47.4 Å². The zero-order valence-corrected chi connectivity index (χ0v) is 13.0. The summed E-state index contributed by atoms with van der Waals surface area (Å²) in [5.74, 6) is 0.518. The first-order valence-corrected chi connectivity index (χ1v) is 7.90. The molecule has 2 aromatic rings. The normalized spacial score (nSPS) is 11.2. The van der Waals surface area contributed by atoms with Crippen molar-refractivity contribution in [1.29, 1.82) is 0 Å². The predicted octanol–water partition coefficient (Wildman–Crippen LogP) is 2.32. The summed E-state index contributed by atoms with van der Waals surface area (Å²) in [6, 6.07) is 9.91. The van der Waals surface area contributed by atoms with Crippen molar-refractivity contribution in [1.82, 2.24) is 4.72 Å². The summed E-state index contributed by atoms with van der Waals surface area (Å²) < 4.78 is 50.1. The second-order valence-corrected chi connectivity index (χ2v) is 6.22. The summed E-state index contributed by atoms with van der Waals surface area (Å²) in [4.78, 5) is 0.101. The highest BCUT2D eigenvalue weighted by atomic mass is 32.2. The van der Waals surface area contributed by atoms with E-state index < -0.39 is 15.8 Å². The van der Waals surface area contributed by atoms with Gasteiger partial charge in [-0.05, 0) is 42.5 Å². The number of methoxy groups -OCH3 is 2. The second-order valence-electron chi connectivity index (χ2n) is 4.46. The quantitative estimate of drug-likeness (QED) is 0.885. The number of halogens is 1. The summed E-state index contributed by atoms with van der Waals surface area (Å²) in [5.41, 5.74) is 0.416. The van der Waals surface area contributed by atoms with Gasteiger partial charge in [0.15, 0.2) is 0 Å². The maximum absolute atomic E-state index is 13.3. The van der Waals surface area contributed by atoms with E-state index in [1.54, 1.807) is 12.1 Å². The van der Waals surface area contributed by atoms with Gasteiger partial charge in [0.2, 0.25) is 10.0 Å². The lowest BCUT2D eigenvalue weighted by molar-refractivity contribution is 0.407. The molecule has 0 bridgehead atoms. The maximum atomic E-state index is 13.3. The molecule has 2 rings (SSSR count). The van der Waals surface area contributed by atoms with Crippen molar-refractivity contribution >= 4 is 10.0 Å². The number of nitrogens with one attached hydrogen (secondary N) is 1. The Kier molecular flexibility index (Phi) is 4.99. The van der Waals surface area contributed by atoms with E-state index in [0.717, 1.165) is 0 Å². The van der Waals surface area contributed by atoms with Crippen LogP contribution in [0.5, 0.6) is 11.5 Å². The van der Waals surface area contributed by atoms with E-state index in [0.29, 0.717) is 17.1 Å². The molecule has 0 radical (unpaired) electrons. The molecule has 0 aliphatic heterocycles. The monoisotopic (exact) mass is 325 g/mol. The Labute approximate surface area is 128 Å². The van der Waals surface area contributed by atoms with E-state index in [1.807, 2.05) is 0 Å². The Morgan fingerprint density at radius 3 is 2.32 bits per heavy atom. The second kappa shape index (κ2) is 6.76. The van der Waals surface area contributed by atoms with E-state index in [9.17, 15) is 12.8 Å². The molecule has 118 valence electrons. The van der Waals surface area contributed by atoms with Gasteiger partial charge in [0.05, 0.1) is 19.1 Å². The molecule has 0 amide bonds. The molecule has 22 heavy (non-hydrogen) atoms. The van der Waals surface area contributed by atoms with E-state index in [1.165, 1.54) is 44.6 Å². The van der Waals surface area contributed by atoms with Crippen molar-refractivity contribution in [2.24, 2.45) is 0 Å². The van der Waals surface area contributed by atoms with Gasteiger partial charge in [-0.25, -0.2) is 17.5 Å². The van der Waals surface area contributed by atoms with Crippen LogP contribution in [0.1, 0.15) is 5.56 Å². The molecule has 0 aromatic heterocycles. The lowest BCUT2D eigenvalue weighted by Crippen LogP contribution is -2.23. The van der Waals surface area contributed by atoms with Crippen molar-refractivity contribution in [2.45, 2.75) is 11.4 Å². The van der Waals surface area contributed by atoms with E-state index in [4.69, 9.17) is 9.47 Å². The van der Waals surface area contributed by atoms with Gasteiger partial charge in [-0.2, -0.15) is 0 Å². The molecule has 0 heterocycles. The molecule has 2 aromatic carbocycles. The molecule has 0 saturated heterocycles. The standard InChI is InChI=1S/C15H16FNO4S/c1-20-13-4-6-14(7-5-13)22(18,19)17-10-11-9-12(16)3-8-15(11)21-2/h3-9,17H,10H2,1-2H3. The number of sulfonamides is 1. The third kappa shape index (κ3) is 3.75. The zero-order chi connectivity index (χ0) is 16.2. The lowest BCUT2D eigenvalue weighted by Gasteiger charge is -2.11. The van der Waals surface area contributed by atoms with Gasteiger partial charge in [-0.1, -0.05) is 0 Å². The molecule has 0 aliphatic rings. The minimum atomic E-state index is -3.70. The third-order valence-electron chi connectivity index (χ3n) is 3.06. The topological polar surface area (TPSA) is 64.6 Å². The SMILES string of the molecule is COc1ccc(S(=O)(=O)NCc2cc(F)ccc2OC)cc1. The Morgan fingerprint density at radius 2 is 1.73 bits per heavy atom. The number of benzene rings is 2. The van der Waals surface area contributed by atoms with Gasteiger partial charge in [0.1, 0.15) is 17.3 Å². The van der Waals surface area contributed by atoms with Crippen molar-refractivity contribution in [3.8, 4) is 11.5 Å². The summed E-state index contributed by atoms with van der Waals surface area (Å²) in [6.45, 7) is -0.0741. The Bertz CT molecular complexity index is 745. The zero-order valence-electron chi connectivity index (χ0n) is 12.2. The molecule has 1 N–H and O–H groups in total. The summed E-state index contributed by atoms with van der Waals surface area (Å²) in [5, 5.41) is 0. The minimum absolute atomic E-state index is 0.0741. The first kappa shape index (κ1) is 16.3. The van der Waals surface area contributed by atoms with Gasteiger partial charge in [-0.3, -0.25) is 0 Å². The molecule has 7 heteroatoms. The number of hydrogen-bond donors (Lipinski definition) is 1. The largest absolute Gasteiger partial charge is 0.497 e. The molecule has 0 saturated carbocycles. The van der Waals surface area contributed by atoms with Crippen LogP contribution in [0.2, 0.25) is 0 Å². The van der Waals surface area contributed by atoms with Gasteiger partial charge in [-0.15, -0.1) is 0 Å². The van der Waals surface area contributed by atoms with Crippen LogP contribution in [0, 0.1) is 5.82 Å². The molecule has 0 atom stereocenters. The van der Waals surface area contributed by atoms with Crippen LogP contribution in [0.4, 0.5) is 4.39 Å². The van der Waals surface area contributed by atoms with Gasteiger partial charge >= 0.3 is 0 Å². The van der Waals surface area contributed by atoms with E-state index >= 15 is 0 Å². The first-order valence-electron chi connectivity index (χ1n) is 6.42. The molecule has 0 aliphatic carbocycles. The number of rotatable bonds is 6. The smallest absolute Gasteiger partial charge is 0.240 e. The van der Waals surface area contributed by atoms with Crippen molar-refractivity contribution in [3.63, 3.8) is 0 Å². The van der Waals surface area contributed by atoms with E-state index in [-0.39, 0.29) is 11.4 Å². The fraction of sp³-hybridized carbons (Fsp3) is 0.200. The van der Waals surface area contributed by atoms with Crippen LogP contribution < -0.4 is 14.2 Å². The van der Waals surface area contributed by atoms with Crippen LogP contribution in [0.3, 0.4) is 0 Å². The summed E-state index contributed by atoms with van der Waals surface area (Å²) in [7, 11) is -0.768. The first-order chi connectivity index (χ1) is 10.5. The van der Waals surface area contributed by atoms with E-state index in [2.05, 4.69) is 4.72 Å². The molecular formula is C15H16FNO4S. The van der Waals surface area contributed by atoms with Crippen molar-refractivity contribution in [3.05, 3.63) is 53.8 Å². The highest BCUT2D eigenvalue weighted by Crippen LogP contribution is 2.20. The van der Waals surface area contributed by atoms with Crippen LogP contribution in [0.25, 0.3) is 0 Å². The van der Waals surface area contributed by atoms with Crippen LogP contribution >= 0.6 is 0 Å². The van der Waals surface area contributed by atoms with Crippen molar-refractivity contribution in [2.75, 3.05) is 14.2 Å². The Hall–Kier alpha value is -2.12. The fourth-order valence-electron chi connectivity index (χ4n) is 1.90. The maximum Gasteiger partial charge on any atom is 0.240 e. The Morgan fingerprint density at radius 1 is 1.05 bits per heavy atom. The van der Waals surface area contributed by atoms with Gasteiger partial charge in [0.25, 0.3) is 0 Å². The molecule has 0 unspecified atom stereocenters. The average Bonchev–Trinajstić information content (AvgIpc) is 2.53. The Balaban J connectivity index is 2.17. The lowest BCUT2D eigenvalue weighted by atomic mass is 10.2. The number of ether oxygens (including phenoxy) is 2. The highest BCUT2D eigenvalue weighted by Gasteiger charge is 2.15. The molecule has 5 nitrogen and oxygen atoms in total. The molecular weight excluding hydrogens is 309 g/mol. The minimum Gasteiger partial charge on any atom is -0.497 e. The van der Waals surface area contributed by atoms with Crippen LogP contribution in [-0.2, 0) is 16.6 Å². The average molecular weight is 325 g/mol. The third-order valence-corrected chi connectivity index (χ3v) is 4.48. The molecule has 0 fully saturated rings.